The minimum absolute atomic E-state index is 0.139. The van der Waals surface area contributed by atoms with Crippen molar-refractivity contribution in [3.8, 4) is 11.1 Å². The van der Waals surface area contributed by atoms with Crippen molar-refractivity contribution in [2.24, 2.45) is 11.3 Å². The molecule has 0 aliphatic carbocycles. The number of nitrogens with two attached hydrogens (primary N) is 1. The van der Waals surface area contributed by atoms with Crippen LogP contribution in [0.4, 0.5) is 10.3 Å². The molecule has 0 spiro atoms. The molecule has 0 bridgehead atoms. The maximum absolute atomic E-state index is 14.0. The van der Waals surface area contributed by atoms with E-state index in [1.54, 1.807) is 18.2 Å². The minimum atomic E-state index is -0.313. The number of halogens is 1. The summed E-state index contributed by atoms with van der Waals surface area (Å²) >= 11 is 0. The number of hydrogen-bond donors (Lipinski definition) is 1. The first-order valence-corrected chi connectivity index (χ1v) is 6.79. The van der Waals surface area contributed by atoms with Gasteiger partial charge < -0.3 is 10.3 Å². The van der Waals surface area contributed by atoms with Crippen LogP contribution in [0, 0.1) is 17.2 Å². The van der Waals surface area contributed by atoms with E-state index in [4.69, 9.17) is 10.3 Å². The van der Waals surface area contributed by atoms with E-state index in [1.165, 1.54) is 6.07 Å². The zero-order valence-corrected chi connectivity index (χ0v) is 12.4. The normalized spacial score (nSPS) is 13.4. The Bertz CT molecular complexity index is 599. The summed E-state index contributed by atoms with van der Waals surface area (Å²) in [6, 6.07) is 6.55. The summed E-state index contributed by atoms with van der Waals surface area (Å²) in [6.07, 6.45) is 0.702. The Kier molecular flexibility index (Phi) is 3.84. The first-order chi connectivity index (χ1) is 9.30. The molecule has 108 valence electrons. The zero-order valence-electron chi connectivity index (χ0n) is 12.4. The molecular formula is C16H21FN2O. The Balaban J connectivity index is 2.41. The van der Waals surface area contributed by atoms with Crippen LogP contribution in [-0.4, -0.2) is 5.16 Å². The predicted octanol–water partition coefficient (Wildman–Crippen LogP) is 4.29. The van der Waals surface area contributed by atoms with Crippen molar-refractivity contribution in [3.05, 3.63) is 35.8 Å². The van der Waals surface area contributed by atoms with Crippen LogP contribution < -0.4 is 5.73 Å². The maximum Gasteiger partial charge on any atom is 0.230 e. The van der Waals surface area contributed by atoms with Crippen molar-refractivity contribution in [2.45, 2.75) is 34.1 Å². The van der Waals surface area contributed by atoms with Crippen LogP contribution in [0.25, 0.3) is 11.1 Å². The molecule has 0 saturated carbocycles. The number of anilines is 1. The van der Waals surface area contributed by atoms with Gasteiger partial charge in [-0.1, -0.05) is 51.1 Å². The number of nitrogens with zero attached hydrogens (tertiary/aromatic N) is 1. The van der Waals surface area contributed by atoms with E-state index in [0.717, 1.165) is 5.69 Å². The average molecular weight is 276 g/mol. The predicted molar refractivity (Wildman–Crippen MR) is 78.6 cm³/mol. The van der Waals surface area contributed by atoms with E-state index in [-0.39, 0.29) is 17.1 Å². The first kappa shape index (κ1) is 14.6. The quantitative estimate of drug-likeness (QED) is 0.910. The highest BCUT2D eigenvalue weighted by molar-refractivity contribution is 5.75. The van der Waals surface area contributed by atoms with Crippen LogP contribution in [0.1, 0.15) is 33.4 Å². The number of benzene rings is 1. The monoisotopic (exact) mass is 276 g/mol. The highest BCUT2D eigenvalue weighted by Gasteiger charge is 2.25. The molecule has 0 amide bonds. The summed E-state index contributed by atoms with van der Waals surface area (Å²) in [5.74, 6) is 0.232. The minimum Gasteiger partial charge on any atom is -0.367 e. The van der Waals surface area contributed by atoms with Gasteiger partial charge in [0.05, 0.1) is 11.3 Å². The second-order valence-electron chi connectivity index (χ2n) is 6.32. The van der Waals surface area contributed by atoms with Gasteiger partial charge in [-0.3, -0.25) is 0 Å². The van der Waals surface area contributed by atoms with Gasteiger partial charge in [-0.25, -0.2) is 4.39 Å². The first-order valence-electron chi connectivity index (χ1n) is 6.79. The number of hydrogen-bond acceptors (Lipinski definition) is 3. The molecule has 2 rings (SSSR count). The summed E-state index contributed by atoms with van der Waals surface area (Å²) in [5.41, 5.74) is 7.72. The molecule has 20 heavy (non-hydrogen) atoms. The molecule has 1 atom stereocenters. The van der Waals surface area contributed by atoms with Crippen molar-refractivity contribution in [3.63, 3.8) is 0 Å². The van der Waals surface area contributed by atoms with Crippen molar-refractivity contribution in [1.82, 2.24) is 5.16 Å². The highest BCUT2D eigenvalue weighted by atomic mass is 19.1. The molecule has 1 aromatic heterocycles. The third kappa shape index (κ3) is 2.84. The fourth-order valence-corrected chi connectivity index (χ4v) is 2.03. The van der Waals surface area contributed by atoms with Gasteiger partial charge in [0.2, 0.25) is 5.88 Å². The second-order valence-corrected chi connectivity index (χ2v) is 6.32. The fraction of sp³-hybridized carbons (Fsp3) is 0.438. The van der Waals surface area contributed by atoms with Gasteiger partial charge in [0.15, 0.2) is 0 Å². The Labute approximate surface area is 119 Å². The molecule has 2 aromatic rings. The summed E-state index contributed by atoms with van der Waals surface area (Å²) in [7, 11) is 0. The highest BCUT2D eigenvalue weighted by Crippen LogP contribution is 2.35. The van der Waals surface area contributed by atoms with E-state index in [1.807, 2.05) is 0 Å². The number of rotatable bonds is 3. The van der Waals surface area contributed by atoms with Crippen molar-refractivity contribution < 1.29 is 8.91 Å². The number of nitrogen functional groups attached to an aromatic ring is 1. The molecule has 0 aliphatic rings. The van der Waals surface area contributed by atoms with Gasteiger partial charge in [0, 0.05) is 5.56 Å². The van der Waals surface area contributed by atoms with Gasteiger partial charge in [-0.15, -0.1) is 0 Å². The SMILES string of the molecule is CC(Cc1noc(N)c1-c1ccccc1F)C(C)(C)C. The van der Waals surface area contributed by atoms with E-state index in [9.17, 15) is 4.39 Å². The Morgan fingerprint density at radius 1 is 1.30 bits per heavy atom. The Morgan fingerprint density at radius 3 is 2.55 bits per heavy atom. The molecular weight excluding hydrogens is 255 g/mol. The lowest BCUT2D eigenvalue weighted by Gasteiger charge is -2.26. The number of aromatic nitrogens is 1. The molecule has 2 N–H and O–H groups in total. The van der Waals surface area contributed by atoms with Gasteiger partial charge in [0.1, 0.15) is 5.82 Å². The van der Waals surface area contributed by atoms with Gasteiger partial charge >= 0.3 is 0 Å². The molecule has 0 saturated heterocycles. The topological polar surface area (TPSA) is 52.0 Å². The molecule has 0 radical (unpaired) electrons. The van der Waals surface area contributed by atoms with Gasteiger partial charge in [0.25, 0.3) is 0 Å². The molecule has 1 unspecified atom stereocenters. The van der Waals surface area contributed by atoms with Crippen molar-refractivity contribution in [2.75, 3.05) is 5.73 Å². The molecule has 0 fully saturated rings. The van der Waals surface area contributed by atoms with Crippen molar-refractivity contribution >= 4 is 5.88 Å². The van der Waals surface area contributed by atoms with E-state index < -0.39 is 0 Å². The molecule has 0 aliphatic heterocycles. The largest absolute Gasteiger partial charge is 0.367 e. The fourth-order valence-electron chi connectivity index (χ4n) is 2.03. The van der Waals surface area contributed by atoms with Crippen LogP contribution in [0.15, 0.2) is 28.8 Å². The summed E-state index contributed by atoms with van der Waals surface area (Å²) < 4.78 is 19.0. The van der Waals surface area contributed by atoms with E-state index in [2.05, 4.69) is 32.9 Å². The van der Waals surface area contributed by atoms with Crippen LogP contribution in [-0.2, 0) is 6.42 Å². The molecule has 4 heteroatoms. The Morgan fingerprint density at radius 2 is 1.95 bits per heavy atom. The third-order valence-corrected chi connectivity index (χ3v) is 3.91. The van der Waals surface area contributed by atoms with E-state index >= 15 is 0 Å². The lowest BCUT2D eigenvalue weighted by Crippen LogP contribution is -2.19. The molecule has 1 heterocycles. The van der Waals surface area contributed by atoms with Gasteiger partial charge in [-0.05, 0) is 23.8 Å². The van der Waals surface area contributed by atoms with Gasteiger partial charge in [-0.2, -0.15) is 0 Å². The van der Waals surface area contributed by atoms with Crippen LogP contribution in [0.3, 0.4) is 0 Å². The smallest absolute Gasteiger partial charge is 0.230 e. The lowest BCUT2D eigenvalue weighted by molar-refractivity contribution is 0.255. The molecule has 1 aromatic carbocycles. The third-order valence-electron chi connectivity index (χ3n) is 3.91. The van der Waals surface area contributed by atoms with Crippen LogP contribution in [0.5, 0.6) is 0 Å². The lowest BCUT2D eigenvalue weighted by atomic mass is 9.79. The Hall–Kier alpha value is -1.84. The summed E-state index contributed by atoms with van der Waals surface area (Å²) in [4.78, 5) is 0. The summed E-state index contributed by atoms with van der Waals surface area (Å²) in [6.45, 7) is 8.66. The molecule has 3 nitrogen and oxygen atoms in total. The zero-order chi connectivity index (χ0) is 14.9. The standard InChI is InChI=1S/C16H21FN2O/c1-10(16(2,3)4)9-13-14(15(18)20-19-13)11-7-5-6-8-12(11)17/h5-8,10H,9,18H2,1-4H3. The van der Waals surface area contributed by atoms with Crippen LogP contribution in [0.2, 0.25) is 0 Å². The van der Waals surface area contributed by atoms with Crippen LogP contribution >= 0.6 is 0 Å². The van der Waals surface area contributed by atoms with E-state index in [0.29, 0.717) is 23.5 Å². The summed E-state index contributed by atoms with van der Waals surface area (Å²) in [5, 5.41) is 4.02. The van der Waals surface area contributed by atoms with Crippen molar-refractivity contribution in [1.29, 1.82) is 0 Å². The maximum atomic E-state index is 14.0. The second kappa shape index (κ2) is 5.27. The average Bonchev–Trinajstić information content (AvgIpc) is 2.70.